The molecule has 0 bridgehead atoms. The van der Waals surface area contributed by atoms with E-state index >= 15 is 0 Å². The lowest BCUT2D eigenvalue weighted by Gasteiger charge is -2.30. The molecular weight excluding hydrogens is 300 g/mol. The number of carbonyl (C=O) groups is 2. The lowest BCUT2D eigenvalue weighted by Crippen LogP contribution is -2.45. The average Bonchev–Trinajstić information content (AvgIpc) is 2.47. The van der Waals surface area contributed by atoms with E-state index in [0.717, 1.165) is 36.1 Å². The van der Waals surface area contributed by atoms with Gasteiger partial charge in [-0.05, 0) is 38.3 Å². The molecule has 1 unspecified atom stereocenters. The van der Waals surface area contributed by atoms with Crippen molar-refractivity contribution >= 4 is 24.1 Å². The Balaban J connectivity index is 0.00000242. The summed E-state index contributed by atoms with van der Waals surface area (Å²) in [6.07, 6.45) is 2.48. The summed E-state index contributed by atoms with van der Waals surface area (Å²) in [4.78, 5) is 26.2. The molecule has 2 rings (SSSR count). The van der Waals surface area contributed by atoms with Crippen LogP contribution in [0.25, 0.3) is 0 Å². The smallest absolute Gasteiger partial charge is 0.223 e. The molecule has 1 fully saturated rings. The van der Waals surface area contributed by atoms with E-state index in [1.54, 1.807) is 4.90 Å². The lowest BCUT2D eigenvalue weighted by molar-refractivity contribution is -0.132. The average molecular weight is 325 g/mol. The Morgan fingerprint density at radius 3 is 2.68 bits per heavy atom. The molecule has 1 aliphatic heterocycles. The van der Waals surface area contributed by atoms with E-state index in [4.69, 9.17) is 5.73 Å². The van der Waals surface area contributed by atoms with E-state index in [1.807, 2.05) is 32.0 Å². The van der Waals surface area contributed by atoms with Crippen molar-refractivity contribution in [1.82, 2.24) is 4.90 Å². The minimum absolute atomic E-state index is 0. The number of hydrogen-bond acceptors (Lipinski definition) is 3. The monoisotopic (exact) mass is 324 g/mol. The Kier molecular flexibility index (Phi) is 7.04. The van der Waals surface area contributed by atoms with Crippen LogP contribution in [0, 0.1) is 13.8 Å². The fourth-order valence-electron chi connectivity index (χ4n) is 2.79. The number of hydrogen-bond donors (Lipinski definition) is 1. The van der Waals surface area contributed by atoms with Gasteiger partial charge in [0.25, 0.3) is 0 Å². The molecule has 5 heteroatoms. The van der Waals surface area contributed by atoms with Gasteiger partial charge >= 0.3 is 0 Å². The van der Waals surface area contributed by atoms with E-state index in [2.05, 4.69) is 0 Å². The standard InChI is InChI=1S/C17H24N2O2.ClH/c1-12-5-6-13(2)15(10-12)16(20)7-8-17(21)19-9-3-4-14(18)11-19;/h5-6,10,14H,3-4,7-9,11,18H2,1-2H3;1H. The molecule has 2 N–H and O–H groups in total. The summed E-state index contributed by atoms with van der Waals surface area (Å²) in [5, 5.41) is 0. The number of nitrogens with zero attached hydrogens (tertiary/aromatic N) is 1. The first-order valence-corrected chi connectivity index (χ1v) is 7.61. The van der Waals surface area contributed by atoms with Crippen molar-refractivity contribution in [3.63, 3.8) is 0 Å². The highest BCUT2D eigenvalue weighted by atomic mass is 35.5. The highest BCUT2D eigenvalue weighted by Crippen LogP contribution is 2.15. The van der Waals surface area contributed by atoms with Crippen LogP contribution in [0.5, 0.6) is 0 Å². The van der Waals surface area contributed by atoms with Gasteiger partial charge in [-0.15, -0.1) is 12.4 Å². The number of Topliss-reactive ketones (excluding diaryl/α,β-unsaturated/α-hetero) is 1. The van der Waals surface area contributed by atoms with Crippen molar-refractivity contribution in [1.29, 1.82) is 0 Å². The normalized spacial score (nSPS) is 17.8. The number of piperidine rings is 1. The van der Waals surface area contributed by atoms with E-state index in [0.29, 0.717) is 6.54 Å². The van der Waals surface area contributed by atoms with Crippen molar-refractivity contribution in [2.45, 2.75) is 45.6 Å². The van der Waals surface area contributed by atoms with Crippen LogP contribution in [0.2, 0.25) is 0 Å². The molecule has 0 aromatic heterocycles. The maximum absolute atomic E-state index is 12.3. The topological polar surface area (TPSA) is 63.4 Å². The number of nitrogens with two attached hydrogens (primary N) is 1. The van der Waals surface area contributed by atoms with Crippen LogP contribution in [-0.4, -0.2) is 35.7 Å². The van der Waals surface area contributed by atoms with Gasteiger partial charge in [0.05, 0.1) is 0 Å². The first kappa shape index (κ1) is 18.7. The summed E-state index contributed by atoms with van der Waals surface area (Å²) in [6, 6.07) is 5.93. The Labute approximate surface area is 138 Å². The third-order valence-corrected chi connectivity index (χ3v) is 4.07. The van der Waals surface area contributed by atoms with Gasteiger partial charge in [0.2, 0.25) is 5.91 Å². The molecule has 0 aliphatic carbocycles. The summed E-state index contributed by atoms with van der Waals surface area (Å²) in [5.41, 5.74) is 8.66. The zero-order valence-electron chi connectivity index (χ0n) is 13.3. The van der Waals surface area contributed by atoms with Crippen molar-refractivity contribution in [2.75, 3.05) is 13.1 Å². The molecule has 0 spiro atoms. The van der Waals surface area contributed by atoms with Crippen molar-refractivity contribution < 1.29 is 9.59 Å². The molecule has 122 valence electrons. The van der Waals surface area contributed by atoms with Gasteiger partial charge in [-0.2, -0.15) is 0 Å². The molecule has 1 aliphatic rings. The fourth-order valence-corrected chi connectivity index (χ4v) is 2.79. The molecule has 22 heavy (non-hydrogen) atoms. The van der Waals surface area contributed by atoms with E-state index < -0.39 is 0 Å². The Hall–Kier alpha value is -1.39. The van der Waals surface area contributed by atoms with Crippen LogP contribution in [0.15, 0.2) is 18.2 Å². The van der Waals surface area contributed by atoms with Crippen LogP contribution in [0.1, 0.15) is 47.2 Å². The van der Waals surface area contributed by atoms with Crippen LogP contribution in [0.4, 0.5) is 0 Å². The molecule has 1 atom stereocenters. The number of ketones is 1. The molecule has 4 nitrogen and oxygen atoms in total. The van der Waals surface area contributed by atoms with Gasteiger partial charge in [0.15, 0.2) is 5.78 Å². The van der Waals surface area contributed by atoms with E-state index in [1.165, 1.54) is 0 Å². The largest absolute Gasteiger partial charge is 0.341 e. The van der Waals surface area contributed by atoms with Crippen LogP contribution >= 0.6 is 12.4 Å². The highest BCUT2D eigenvalue weighted by Gasteiger charge is 2.22. The quantitative estimate of drug-likeness (QED) is 0.866. The maximum atomic E-state index is 12.3. The Morgan fingerprint density at radius 1 is 1.27 bits per heavy atom. The van der Waals surface area contributed by atoms with Gasteiger partial charge in [-0.25, -0.2) is 0 Å². The summed E-state index contributed by atoms with van der Waals surface area (Å²) < 4.78 is 0. The first-order chi connectivity index (χ1) is 9.97. The molecular formula is C17H25ClN2O2. The summed E-state index contributed by atoms with van der Waals surface area (Å²) in [7, 11) is 0. The Morgan fingerprint density at radius 2 is 2.00 bits per heavy atom. The van der Waals surface area contributed by atoms with Crippen molar-refractivity contribution in [3.05, 3.63) is 34.9 Å². The first-order valence-electron chi connectivity index (χ1n) is 7.61. The molecule has 1 amide bonds. The van der Waals surface area contributed by atoms with Gasteiger partial charge in [-0.1, -0.05) is 17.7 Å². The molecule has 1 aromatic carbocycles. The minimum atomic E-state index is 0. The minimum Gasteiger partial charge on any atom is -0.341 e. The summed E-state index contributed by atoms with van der Waals surface area (Å²) in [5.74, 6) is 0.0923. The van der Waals surface area contributed by atoms with Gasteiger partial charge in [-0.3, -0.25) is 9.59 Å². The third-order valence-electron chi connectivity index (χ3n) is 4.07. The molecule has 1 saturated heterocycles. The second kappa shape index (κ2) is 8.30. The van der Waals surface area contributed by atoms with E-state index in [9.17, 15) is 9.59 Å². The molecule has 0 radical (unpaired) electrons. The highest BCUT2D eigenvalue weighted by molar-refractivity contribution is 5.99. The van der Waals surface area contributed by atoms with Gasteiger partial charge in [0.1, 0.15) is 0 Å². The Bertz CT molecular complexity index is 545. The lowest BCUT2D eigenvalue weighted by atomic mass is 9.99. The van der Waals surface area contributed by atoms with Crippen molar-refractivity contribution in [2.24, 2.45) is 5.73 Å². The number of amides is 1. The van der Waals surface area contributed by atoms with Crippen molar-refractivity contribution in [3.8, 4) is 0 Å². The molecule has 1 heterocycles. The van der Waals surface area contributed by atoms with Crippen LogP contribution in [-0.2, 0) is 4.79 Å². The summed E-state index contributed by atoms with van der Waals surface area (Å²) >= 11 is 0. The number of halogens is 1. The second-order valence-corrected chi connectivity index (χ2v) is 5.98. The number of benzene rings is 1. The number of likely N-dealkylation sites (tertiary alicyclic amines) is 1. The molecule has 1 aromatic rings. The summed E-state index contributed by atoms with van der Waals surface area (Å²) in [6.45, 7) is 5.29. The van der Waals surface area contributed by atoms with E-state index in [-0.39, 0.29) is 43.0 Å². The maximum Gasteiger partial charge on any atom is 0.223 e. The second-order valence-electron chi connectivity index (χ2n) is 5.98. The van der Waals surface area contributed by atoms with Gasteiger partial charge < -0.3 is 10.6 Å². The fraction of sp³-hybridized carbons (Fsp3) is 0.529. The number of rotatable bonds is 4. The van der Waals surface area contributed by atoms with Crippen LogP contribution in [0.3, 0.4) is 0 Å². The zero-order chi connectivity index (χ0) is 15.4. The van der Waals surface area contributed by atoms with Gasteiger partial charge in [0, 0.05) is 37.5 Å². The SMILES string of the molecule is Cc1ccc(C)c(C(=O)CCC(=O)N2CCCC(N)C2)c1.Cl. The number of carbonyl (C=O) groups excluding carboxylic acids is 2. The predicted molar refractivity (Wildman–Crippen MR) is 90.5 cm³/mol. The zero-order valence-corrected chi connectivity index (χ0v) is 14.1. The van der Waals surface area contributed by atoms with Crippen LogP contribution < -0.4 is 5.73 Å². The predicted octanol–water partition coefficient (Wildman–Crippen LogP) is 2.64. The third kappa shape index (κ3) is 4.82. The number of aryl methyl sites for hydroxylation is 2. The molecule has 0 saturated carbocycles.